The Morgan fingerprint density at radius 1 is 1.29 bits per heavy atom. The first kappa shape index (κ1) is 15.4. The van der Waals surface area contributed by atoms with Crippen LogP contribution in [0.25, 0.3) is 0 Å². The normalized spacial score (nSPS) is 23.6. The van der Waals surface area contributed by atoms with Crippen molar-refractivity contribution in [1.82, 2.24) is 9.88 Å². The maximum atomic E-state index is 13.0. The van der Waals surface area contributed by atoms with Crippen LogP contribution >= 0.6 is 11.3 Å². The number of carbonyl (C=O) groups is 1. The van der Waals surface area contributed by atoms with Crippen molar-refractivity contribution >= 4 is 22.4 Å². The number of benzene rings is 1. The van der Waals surface area contributed by atoms with Gasteiger partial charge in [0.2, 0.25) is 5.91 Å². The molecule has 0 spiro atoms. The number of aromatic nitrogens is 1. The molecule has 24 heavy (non-hydrogen) atoms. The number of thiazole rings is 1. The molecule has 2 aliphatic rings. The van der Waals surface area contributed by atoms with Crippen LogP contribution in [0, 0.1) is 0 Å². The largest absolute Gasteiger partial charge is 0.497 e. The predicted octanol–water partition coefficient (Wildman–Crippen LogP) is 2.67. The summed E-state index contributed by atoms with van der Waals surface area (Å²) >= 11 is 1.48. The fourth-order valence-corrected chi connectivity index (χ4v) is 4.33. The van der Waals surface area contributed by atoms with Crippen molar-refractivity contribution in [3.05, 3.63) is 35.3 Å². The van der Waals surface area contributed by atoms with Gasteiger partial charge in [-0.25, -0.2) is 4.98 Å². The third-order valence-electron chi connectivity index (χ3n) is 4.72. The maximum absolute atomic E-state index is 13.0. The zero-order valence-electron chi connectivity index (χ0n) is 13.6. The molecule has 2 aromatic rings. The summed E-state index contributed by atoms with van der Waals surface area (Å²) in [6.45, 7) is 0.901. The molecule has 0 aliphatic carbocycles. The van der Waals surface area contributed by atoms with E-state index in [9.17, 15) is 4.79 Å². The lowest BCUT2D eigenvalue weighted by atomic mass is 10.1. The molecule has 2 fully saturated rings. The van der Waals surface area contributed by atoms with Gasteiger partial charge in [0.25, 0.3) is 0 Å². The molecule has 3 heterocycles. The molecule has 0 bridgehead atoms. The Morgan fingerprint density at radius 3 is 2.88 bits per heavy atom. The Labute approximate surface area is 144 Å². The van der Waals surface area contributed by atoms with Gasteiger partial charge in [0.15, 0.2) is 5.13 Å². The summed E-state index contributed by atoms with van der Waals surface area (Å²) in [6, 6.07) is 5.69. The van der Waals surface area contributed by atoms with Gasteiger partial charge in [0, 0.05) is 29.8 Å². The molecule has 0 saturated carbocycles. The summed E-state index contributed by atoms with van der Waals surface area (Å²) in [4.78, 5) is 21.4. The second kappa shape index (κ2) is 6.07. The molecule has 0 N–H and O–H groups in total. The van der Waals surface area contributed by atoms with Crippen LogP contribution in [0.5, 0.6) is 11.5 Å². The third-order valence-corrected chi connectivity index (χ3v) is 5.49. The fourth-order valence-electron chi connectivity index (χ4n) is 3.66. The van der Waals surface area contributed by atoms with Crippen LogP contribution in [0.3, 0.4) is 0 Å². The number of amides is 1. The number of rotatable bonds is 4. The minimum atomic E-state index is -0.183. The van der Waals surface area contributed by atoms with Gasteiger partial charge in [-0.2, -0.15) is 0 Å². The third kappa shape index (κ3) is 2.27. The number of hydrogen-bond donors (Lipinski definition) is 0. The smallest absolute Gasteiger partial charge is 0.247 e. The average Bonchev–Trinajstić information content (AvgIpc) is 3.33. The molecule has 2 aliphatic heterocycles. The molecule has 2 saturated heterocycles. The van der Waals surface area contributed by atoms with E-state index in [4.69, 9.17) is 9.47 Å². The van der Waals surface area contributed by atoms with Gasteiger partial charge in [0.05, 0.1) is 20.3 Å². The quantitative estimate of drug-likeness (QED) is 0.853. The zero-order valence-corrected chi connectivity index (χ0v) is 14.5. The van der Waals surface area contributed by atoms with E-state index >= 15 is 0 Å². The predicted molar refractivity (Wildman–Crippen MR) is 91.6 cm³/mol. The molecular weight excluding hydrogens is 326 g/mol. The van der Waals surface area contributed by atoms with Gasteiger partial charge in [-0.3, -0.25) is 14.6 Å². The number of anilines is 1. The first-order valence-electron chi connectivity index (χ1n) is 7.95. The monoisotopic (exact) mass is 345 g/mol. The van der Waals surface area contributed by atoms with Crippen molar-refractivity contribution in [1.29, 1.82) is 0 Å². The molecule has 0 radical (unpaired) electrons. The Kier molecular flexibility index (Phi) is 3.90. The number of nitrogens with zero attached hydrogens (tertiary/aromatic N) is 3. The lowest BCUT2D eigenvalue weighted by molar-refractivity contribution is -0.119. The van der Waals surface area contributed by atoms with Crippen molar-refractivity contribution in [3.63, 3.8) is 0 Å². The molecule has 1 aromatic heterocycles. The second-order valence-corrected chi connectivity index (χ2v) is 6.77. The van der Waals surface area contributed by atoms with E-state index in [1.165, 1.54) is 11.3 Å². The van der Waals surface area contributed by atoms with Crippen LogP contribution in [0.2, 0.25) is 0 Å². The van der Waals surface area contributed by atoms with Crippen molar-refractivity contribution in [2.24, 2.45) is 0 Å². The van der Waals surface area contributed by atoms with Crippen LogP contribution in [0.15, 0.2) is 29.8 Å². The lowest BCUT2D eigenvalue weighted by Gasteiger charge is -2.29. The Balaban J connectivity index is 1.82. The van der Waals surface area contributed by atoms with E-state index in [1.807, 2.05) is 28.5 Å². The standard InChI is InChI=1S/C17H19N3O3S/c1-22-11-5-6-12(14(10-11)23-2)15-19-8-3-4-13(19)16(21)20(15)17-18-7-9-24-17/h5-7,9-10,13,15H,3-4,8H2,1-2H3. The van der Waals surface area contributed by atoms with Gasteiger partial charge in [-0.1, -0.05) is 0 Å². The van der Waals surface area contributed by atoms with E-state index in [0.717, 1.165) is 41.6 Å². The van der Waals surface area contributed by atoms with E-state index in [-0.39, 0.29) is 18.1 Å². The van der Waals surface area contributed by atoms with E-state index < -0.39 is 0 Å². The molecule has 6 nitrogen and oxygen atoms in total. The van der Waals surface area contributed by atoms with Crippen LogP contribution in [-0.2, 0) is 4.79 Å². The summed E-state index contributed by atoms with van der Waals surface area (Å²) in [5.41, 5.74) is 0.964. The molecule has 1 amide bonds. The first-order chi connectivity index (χ1) is 11.7. The van der Waals surface area contributed by atoms with Gasteiger partial charge in [-0.05, 0) is 25.0 Å². The van der Waals surface area contributed by atoms with Crippen LogP contribution < -0.4 is 14.4 Å². The van der Waals surface area contributed by atoms with Gasteiger partial charge < -0.3 is 9.47 Å². The average molecular weight is 345 g/mol. The van der Waals surface area contributed by atoms with Gasteiger partial charge in [-0.15, -0.1) is 11.3 Å². The van der Waals surface area contributed by atoms with E-state index in [2.05, 4.69) is 9.88 Å². The zero-order chi connectivity index (χ0) is 16.7. The summed E-state index contributed by atoms with van der Waals surface area (Å²) in [5.74, 6) is 1.59. The second-order valence-electron chi connectivity index (χ2n) is 5.90. The SMILES string of the molecule is COc1ccc(C2N(c3nccs3)C(=O)C3CCCN32)c(OC)c1. The Hall–Kier alpha value is -2.12. The Bertz CT molecular complexity index is 750. The molecule has 2 unspecified atom stereocenters. The highest BCUT2D eigenvalue weighted by Gasteiger charge is 2.50. The lowest BCUT2D eigenvalue weighted by Crippen LogP contribution is -2.32. The molecule has 126 valence electrons. The number of methoxy groups -OCH3 is 2. The highest BCUT2D eigenvalue weighted by Crippen LogP contribution is 2.45. The molecule has 4 rings (SSSR count). The van der Waals surface area contributed by atoms with Crippen molar-refractivity contribution < 1.29 is 14.3 Å². The Morgan fingerprint density at radius 2 is 2.17 bits per heavy atom. The van der Waals surface area contributed by atoms with E-state index in [1.54, 1.807) is 20.4 Å². The topological polar surface area (TPSA) is 54.9 Å². The van der Waals surface area contributed by atoms with Gasteiger partial charge in [0.1, 0.15) is 17.7 Å². The molecule has 7 heteroatoms. The number of ether oxygens (including phenoxy) is 2. The van der Waals surface area contributed by atoms with Crippen molar-refractivity contribution in [2.75, 3.05) is 25.7 Å². The van der Waals surface area contributed by atoms with Gasteiger partial charge >= 0.3 is 0 Å². The summed E-state index contributed by atoms with van der Waals surface area (Å²) in [6.07, 6.45) is 3.49. The van der Waals surface area contributed by atoms with Crippen LogP contribution in [-0.4, -0.2) is 42.6 Å². The summed E-state index contributed by atoms with van der Waals surface area (Å²) in [5, 5.41) is 2.63. The minimum Gasteiger partial charge on any atom is -0.497 e. The number of fused-ring (bicyclic) bond motifs is 1. The molecular formula is C17H19N3O3S. The highest BCUT2D eigenvalue weighted by atomic mass is 32.1. The van der Waals surface area contributed by atoms with E-state index in [0.29, 0.717) is 0 Å². The maximum Gasteiger partial charge on any atom is 0.247 e. The van der Waals surface area contributed by atoms with Crippen molar-refractivity contribution in [3.8, 4) is 11.5 Å². The number of hydrogen-bond acceptors (Lipinski definition) is 6. The minimum absolute atomic E-state index is 0.0642. The highest BCUT2D eigenvalue weighted by molar-refractivity contribution is 7.13. The van der Waals surface area contributed by atoms with Crippen LogP contribution in [0.4, 0.5) is 5.13 Å². The number of carbonyl (C=O) groups excluding carboxylic acids is 1. The van der Waals surface area contributed by atoms with Crippen molar-refractivity contribution in [2.45, 2.75) is 25.0 Å². The molecule has 1 aromatic carbocycles. The summed E-state index contributed by atoms with van der Waals surface area (Å²) < 4.78 is 10.9. The fraction of sp³-hybridized carbons (Fsp3) is 0.412. The molecule has 2 atom stereocenters. The summed E-state index contributed by atoms with van der Waals surface area (Å²) in [7, 11) is 3.27. The first-order valence-corrected chi connectivity index (χ1v) is 8.83. The van der Waals surface area contributed by atoms with Crippen LogP contribution in [0.1, 0.15) is 24.6 Å².